The number of thioether (sulfide) groups is 1. The number of nitrogens with one attached hydrogen (secondary N) is 1. The number of carbonyl (C=O) groups is 2. The van der Waals surface area contributed by atoms with Gasteiger partial charge in [0.05, 0.1) is 10.9 Å². The maximum absolute atomic E-state index is 11.6. The minimum atomic E-state index is -0.898. The third-order valence-electron chi connectivity index (χ3n) is 2.41. The van der Waals surface area contributed by atoms with Crippen molar-refractivity contribution in [2.75, 3.05) is 0 Å². The highest BCUT2D eigenvalue weighted by molar-refractivity contribution is 8.00. The zero-order chi connectivity index (χ0) is 15.4. The molecular formula is C11H11ClN6O2S. The topological polar surface area (TPSA) is 116 Å². The molecule has 2 aromatic rings. The van der Waals surface area contributed by atoms with Crippen molar-refractivity contribution >= 4 is 35.3 Å². The van der Waals surface area contributed by atoms with E-state index in [9.17, 15) is 9.59 Å². The van der Waals surface area contributed by atoms with Gasteiger partial charge in [0.1, 0.15) is 0 Å². The lowest BCUT2D eigenvalue weighted by molar-refractivity contribution is -0.119. The van der Waals surface area contributed by atoms with Crippen LogP contribution >= 0.6 is 23.4 Å². The molecule has 0 spiro atoms. The number of hydrogen-bond acceptors (Lipinski definition) is 6. The molecule has 1 aromatic heterocycles. The number of halogens is 1. The minimum absolute atomic E-state index is 0.407. The normalized spacial score (nSPS) is 11.9. The van der Waals surface area contributed by atoms with Gasteiger partial charge in [-0.3, -0.25) is 10.1 Å². The second-order valence-corrected chi connectivity index (χ2v) is 5.71. The van der Waals surface area contributed by atoms with Crippen LogP contribution in [0, 0.1) is 0 Å². The van der Waals surface area contributed by atoms with E-state index in [4.69, 9.17) is 17.3 Å². The van der Waals surface area contributed by atoms with E-state index < -0.39 is 17.2 Å². The van der Waals surface area contributed by atoms with Gasteiger partial charge in [0.15, 0.2) is 0 Å². The third kappa shape index (κ3) is 3.92. The predicted octanol–water partition coefficient (Wildman–Crippen LogP) is 0.991. The summed E-state index contributed by atoms with van der Waals surface area (Å²) in [5.41, 5.74) is 5.60. The molecule has 110 valence electrons. The number of rotatable bonds is 4. The van der Waals surface area contributed by atoms with Crippen LogP contribution in [0.3, 0.4) is 0 Å². The first-order chi connectivity index (χ1) is 9.97. The fraction of sp³-hybridized carbons (Fsp3) is 0.182. The van der Waals surface area contributed by atoms with Crippen molar-refractivity contribution in [3.63, 3.8) is 0 Å². The van der Waals surface area contributed by atoms with Gasteiger partial charge in [0, 0.05) is 5.02 Å². The van der Waals surface area contributed by atoms with Crippen molar-refractivity contribution in [2.45, 2.75) is 17.3 Å². The van der Waals surface area contributed by atoms with Gasteiger partial charge < -0.3 is 5.73 Å². The van der Waals surface area contributed by atoms with E-state index in [1.54, 1.807) is 31.2 Å². The summed E-state index contributed by atoms with van der Waals surface area (Å²) in [4.78, 5) is 22.3. The first-order valence-corrected chi connectivity index (χ1v) is 7.04. The van der Waals surface area contributed by atoms with Crippen molar-refractivity contribution < 1.29 is 9.59 Å². The van der Waals surface area contributed by atoms with E-state index in [1.807, 2.05) is 5.32 Å². The smallest absolute Gasteiger partial charge is 0.318 e. The molecule has 10 heteroatoms. The van der Waals surface area contributed by atoms with E-state index in [0.29, 0.717) is 15.9 Å². The maximum atomic E-state index is 11.6. The zero-order valence-electron chi connectivity index (χ0n) is 10.9. The number of amides is 3. The van der Waals surface area contributed by atoms with Crippen LogP contribution in [0.1, 0.15) is 6.92 Å². The molecule has 3 amide bonds. The van der Waals surface area contributed by atoms with Gasteiger partial charge >= 0.3 is 6.03 Å². The molecule has 0 aliphatic heterocycles. The number of nitrogens with zero attached hydrogens (tertiary/aromatic N) is 4. The maximum Gasteiger partial charge on any atom is 0.318 e. The molecule has 0 aliphatic rings. The fourth-order valence-corrected chi connectivity index (χ4v) is 2.37. The largest absolute Gasteiger partial charge is 0.351 e. The van der Waals surface area contributed by atoms with Crippen LogP contribution < -0.4 is 11.1 Å². The number of imide groups is 1. The average molecular weight is 327 g/mol. The summed E-state index contributed by atoms with van der Waals surface area (Å²) in [6.07, 6.45) is 0. The Bertz CT molecular complexity index is 659. The summed E-state index contributed by atoms with van der Waals surface area (Å²) >= 11 is 6.92. The van der Waals surface area contributed by atoms with Crippen molar-refractivity contribution in [1.82, 2.24) is 25.5 Å². The van der Waals surface area contributed by atoms with E-state index in [0.717, 1.165) is 11.8 Å². The second-order valence-electron chi connectivity index (χ2n) is 3.96. The molecule has 1 atom stereocenters. The molecule has 1 heterocycles. The van der Waals surface area contributed by atoms with Gasteiger partial charge in [-0.1, -0.05) is 23.4 Å². The molecule has 0 aliphatic carbocycles. The van der Waals surface area contributed by atoms with Gasteiger partial charge in [-0.05, 0) is 41.6 Å². The van der Waals surface area contributed by atoms with Gasteiger partial charge in [-0.15, -0.1) is 5.10 Å². The number of primary amides is 1. The van der Waals surface area contributed by atoms with Crippen LogP contribution in [0.4, 0.5) is 4.79 Å². The lowest BCUT2D eigenvalue weighted by Gasteiger charge is -2.09. The average Bonchev–Trinajstić information content (AvgIpc) is 2.87. The number of tetrazole rings is 1. The summed E-state index contributed by atoms with van der Waals surface area (Å²) in [5.74, 6) is -0.516. The Hall–Kier alpha value is -2.13. The first kappa shape index (κ1) is 15.3. The van der Waals surface area contributed by atoms with E-state index >= 15 is 0 Å². The standard InChI is InChI=1S/C11H11ClN6O2S/c1-6(9(19)14-10(13)20)21-11-15-16-17-18(11)8-4-2-7(12)3-5-8/h2-6H,1H3,(H3,13,14,19,20)/t6-/m0/s1. The Morgan fingerprint density at radius 2 is 2.05 bits per heavy atom. The number of aromatic nitrogens is 4. The van der Waals surface area contributed by atoms with Crippen LogP contribution in [0.2, 0.25) is 5.02 Å². The molecule has 3 N–H and O–H groups in total. The summed E-state index contributed by atoms with van der Waals surface area (Å²) in [6, 6.07) is 6.00. The van der Waals surface area contributed by atoms with Crippen molar-refractivity contribution in [3.05, 3.63) is 29.3 Å². The Labute approximate surface area is 129 Å². The van der Waals surface area contributed by atoms with E-state index in [2.05, 4.69) is 15.5 Å². The number of nitrogens with two attached hydrogens (primary N) is 1. The summed E-state index contributed by atoms with van der Waals surface area (Å²) in [5, 5.41) is 13.7. The van der Waals surface area contributed by atoms with Gasteiger partial charge in [0.25, 0.3) is 0 Å². The van der Waals surface area contributed by atoms with Crippen LogP contribution in [-0.2, 0) is 4.79 Å². The summed E-state index contributed by atoms with van der Waals surface area (Å²) in [6.45, 7) is 1.61. The summed E-state index contributed by atoms with van der Waals surface area (Å²) < 4.78 is 1.47. The lowest BCUT2D eigenvalue weighted by atomic mass is 10.3. The molecule has 0 saturated carbocycles. The molecule has 0 unspecified atom stereocenters. The van der Waals surface area contributed by atoms with Gasteiger partial charge in [-0.2, -0.15) is 4.68 Å². The zero-order valence-corrected chi connectivity index (χ0v) is 12.4. The quantitative estimate of drug-likeness (QED) is 0.809. The monoisotopic (exact) mass is 326 g/mol. The molecule has 8 nitrogen and oxygen atoms in total. The molecule has 2 rings (SSSR count). The van der Waals surface area contributed by atoms with Crippen LogP contribution in [0.15, 0.2) is 29.4 Å². The Morgan fingerprint density at radius 3 is 2.67 bits per heavy atom. The Morgan fingerprint density at radius 1 is 1.38 bits per heavy atom. The molecule has 21 heavy (non-hydrogen) atoms. The van der Waals surface area contributed by atoms with Crippen LogP contribution in [0.25, 0.3) is 5.69 Å². The molecule has 0 bridgehead atoms. The molecule has 1 aromatic carbocycles. The highest BCUT2D eigenvalue weighted by atomic mass is 35.5. The van der Waals surface area contributed by atoms with Crippen molar-refractivity contribution in [2.24, 2.45) is 5.73 Å². The lowest BCUT2D eigenvalue weighted by Crippen LogP contribution is -2.39. The number of urea groups is 1. The molecular weight excluding hydrogens is 316 g/mol. The Balaban J connectivity index is 2.15. The fourth-order valence-electron chi connectivity index (χ4n) is 1.43. The number of hydrogen-bond donors (Lipinski definition) is 2. The van der Waals surface area contributed by atoms with Crippen LogP contribution in [-0.4, -0.2) is 37.4 Å². The first-order valence-electron chi connectivity index (χ1n) is 5.78. The highest BCUT2D eigenvalue weighted by Crippen LogP contribution is 2.23. The van der Waals surface area contributed by atoms with Crippen molar-refractivity contribution in [1.29, 1.82) is 0 Å². The predicted molar refractivity (Wildman–Crippen MR) is 77.2 cm³/mol. The van der Waals surface area contributed by atoms with Crippen molar-refractivity contribution in [3.8, 4) is 5.69 Å². The third-order valence-corrected chi connectivity index (χ3v) is 3.69. The second kappa shape index (κ2) is 6.55. The summed E-state index contributed by atoms with van der Waals surface area (Å²) in [7, 11) is 0. The van der Waals surface area contributed by atoms with Gasteiger partial charge in [0.2, 0.25) is 11.1 Å². The molecule has 0 radical (unpaired) electrons. The Kier molecular flexibility index (Phi) is 4.76. The number of carbonyl (C=O) groups excluding carboxylic acids is 2. The molecule has 0 fully saturated rings. The molecule has 0 saturated heterocycles. The van der Waals surface area contributed by atoms with E-state index in [-0.39, 0.29) is 0 Å². The minimum Gasteiger partial charge on any atom is -0.351 e. The highest BCUT2D eigenvalue weighted by Gasteiger charge is 2.20. The van der Waals surface area contributed by atoms with E-state index in [1.165, 1.54) is 4.68 Å². The SMILES string of the molecule is C[C@H](Sc1nnnn1-c1ccc(Cl)cc1)C(=O)NC(N)=O. The van der Waals surface area contributed by atoms with Gasteiger partial charge in [-0.25, -0.2) is 4.79 Å². The number of benzene rings is 1. The van der Waals surface area contributed by atoms with Crippen LogP contribution in [0.5, 0.6) is 0 Å².